The summed E-state index contributed by atoms with van der Waals surface area (Å²) >= 11 is 0. The van der Waals surface area contributed by atoms with Gasteiger partial charge in [0.05, 0.1) is 31.2 Å². The fraction of sp³-hybridized carbons (Fsp3) is 0.576. The average Bonchev–Trinajstić information content (AvgIpc) is 3.87. The molecular formula is C33H38F4N2O5. The lowest BCUT2D eigenvalue weighted by atomic mass is 9.83. The van der Waals surface area contributed by atoms with Gasteiger partial charge in [-0.1, -0.05) is 18.2 Å². The zero-order chi connectivity index (χ0) is 31.2. The second-order valence-corrected chi connectivity index (χ2v) is 12.7. The van der Waals surface area contributed by atoms with E-state index in [4.69, 9.17) is 14.6 Å². The summed E-state index contributed by atoms with van der Waals surface area (Å²) in [6.45, 7) is 2.39. The van der Waals surface area contributed by atoms with Crippen molar-refractivity contribution in [1.82, 2.24) is 9.80 Å². The zero-order valence-electron chi connectivity index (χ0n) is 24.7. The van der Waals surface area contributed by atoms with Gasteiger partial charge < -0.3 is 19.5 Å². The van der Waals surface area contributed by atoms with E-state index in [1.165, 1.54) is 19.2 Å². The third-order valence-corrected chi connectivity index (χ3v) is 10.0. The van der Waals surface area contributed by atoms with E-state index in [-0.39, 0.29) is 48.9 Å². The van der Waals surface area contributed by atoms with Crippen molar-refractivity contribution in [2.75, 3.05) is 33.4 Å². The van der Waals surface area contributed by atoms with Crippen molar-refractivity contribution in [3.05, 3.63) is 70.0 Å². The number of aliphatic carboxylic acids is 1. The summed E-state index contributed by atoms with van der Waals surface area (Å²) in [6, 6.07) is 8.59. The number of carboxylic acid groups (broad SMARTS) is 1. The van der Waals surface area contributed by atoms with Gasteiger partial charge in [0.2, 0.25) is 0 Å². The number of alkyl halides is 3. The van der Waals surface area contributed by atoms with E-state index in [2.05, 4.69) is 4.90 Å². The predicted molar refractivity (Wildman–Crippen MR) is 152 cm³/mol. The molecule has 4 aliphatic rings. The van der Waals surface area contributed by atoms with Gasteiger partial charge in [0.1, 0.15) is 11.4 Å². The number of halogens is 4. The Hall–Kier alpha value is -3.02. The predicted octanol–water partition coefficient (Wildman–Crippen LogP) is 5.71. The molecule has 3 aliphatic heterocycles. The first-order valence-corrected chi connectivity index (χ1v) is 15.4. The molecule has 6 rings (SSSR count). The maximum absolute atomic E-state index is 14.2. The molecule has 11 heteroatoms. The van der Waals surface area contributed by atoms with Gasteiger partial charge >= 0.3 is 12.1 Å². The molecule has 2 aromatic rings. The van der Waals surface area contributed by atoms with Crippen LogP contribution < -0.4 is 0 Å². The van der Waals surface area contributed by atoms with E-state index in [0.29, 0.717) is 24.2 Å². The molecule has 0 bridgehead atoms. The van der Waals surface area contributed by atoms with Crippen LogP contribution in [0.1, 0.15) is 78.4 Å². The smallest absolute Gasteiger partial charge is 0.416 e. The number of nitrogens with zero attached hydrogens (tertiary/aromatic N) is 2. The molecule has 238 valence electrons. The molecule has 1 amide bonds. The van der Waals surface area contributed by atoms with Gasteiger partial charge in [0.15, 0.2) is 0 Å². The summed E-state index contributed by atoms with van der Waals surface area (Å²) in [6.07, 6.45) is -0.509. The van der Waals surface area contributed by atoms with Crippen LogP contribution in [0.15, 0.2) is 36.4 Å². The van der Waals surface area contributed by atoms with Crippen LogP contribution in [0, 0.1) is 11.7 Å². The monoisotopic (exact) mass is 618 g/mol. The van der Waals surface area contributed by atoms with E-state index >= 15 is 0 Å². The van der Waals surface area contributed by atoms with Gasteiger partial charge in [0.25, 0.3) is 5.91 Å². The Morgan fingerprint density at radius 3 is 2.43 bits per heavy atom. The fourth-order valence-corrected chi connectivity index (χ4v) is 7.45. The highest BCUT2D eigenvalue weighted by Gasteiger charge is 2.56. The second-order valence-electron chi connectivity index (χ2n) is 12.7. The van der Waals surface area contributed by atoms with Crippen molar-refractivity contribution < 1.29 is 41.7 Å². The molecule has 0 spiro atoms. The minimum atomic E-state index is -4.47. The van der Waals surface area contributed by atoms with Crippen LogP contribution in [0.4, 0.5) is 17.6 Å². The molecule has 0 radical (unpaired) electrons. The molecule has 2 saturated heterocycles. The van der Waals surface area contributed by atoms with Gasteiger partial charge in [-0.25, -0.2) is 4.39 Å². The van der Waals surface area contributed by atoms with Crippen LogP contribution in [0.2, 0.25) is 0 Å². The van der Waals surface area contributed by atoms with Gasteiger partial charge in [0, 0.05) is 19.7 Å². The van der Waals surface area contributed by atoms with E-state index in [1.54, 1.807) is 17.0 Å². The second kappa shape index (κ2) is 12.1. The van der Waals surface area contributed by atoms with Crippen molar-refractivity contribution in [3.8, 4) is 0 Å². The number of carboxylic acids is 1. The molecule has 2 aromatic carbocycles. The molecular weight excluding hydrogens is 580 g/mol. The van der Waals surface area contributed by atoms with Gasteiger partial charge in [-0.2, -0.15) is 13.2 Å². The number of hydrogen-bond acceptors (Lipinski definition) is 5. The molecule has 1 unspecified atom stereocenters. The largest absolute Gasteiger partial charge is 0.481 e. The van der Waals surface area contributed by atoms with Crippen LogP contribution in [-0.2, 0) is 38.2 Å². The lowest BCUT2D eigenvalue weighted by Crippen LogP contribution is -2.59. The van der Waals surface area contributed by atoms with Gasteiger partial charge in [-0.15, -0.1) is 0 Å². The number of likely N-dealkylation sites (tertiary alicyclic amines) is 1. The fourth-order valence-electron chi connectivity index (χ4n) is 7.45. The lowest BCUT2D eigenvalue weighted by molar-refractivity contribution is -0.178. The molecule has 44 heavy (non-hydrogen) atoms. The van der Waals surface area contributed by atoms with Crippen molar-refractivity contribution in [1.29, 1.82) is 0 Å². The Kier molecular flexibility index (Phi) is 8.49. The molecule has 0 aromatic heterocycles. The number of piperidine rings is 1. The maximum atomic E-state index is 14.2. The number of amides is 1. The number of methoxy groups -OCH3 is 1. The summed E-state index contributed by atoms with van der Waals surface area (Å²) in [7, 11) is 1.51. The third-order valence-electron chi connectivity index (χ3n) is 10.0. The van der Waals surface area contributed by atoms with Crippen molar-refractivity contribution in [2.45, 2.75) is 81.3 Å². The molecule has 3 heterocycles. The molecule has 1 N–H and O–H groups in total. The molecule has 3 atom stereocenters. The Labute approximate surface area is 254 Å². The van der Waals surface area contributed by atoms with Crippen LogP contribution >= 0.6 is 0 Å². The number of fused-ring (bicyclic) bond motifs is 1. The lowest BCUT2D eigenvalue weighted by Gasteiger charge is -2.47. The number of benzene rings is 2. The minimum Gasteiger partial charge on any atom is -0.481 e. The molecule has 7 nitrogen and oxygen atoms in total. The summed E-state index contributed by atoms with van der Waals surface area (Å²) in [4.78, 5) is 29.3. The topological polar surface area (TPSA) is 79.3 Å². The zero-order valence-corrected chi connectivity index (χ0v) is 24.7. The van der Waals surface area contributed by atoms with Crippen LogP contribution in [0.5, 0.6) is 0 Å². The molecule has 1 aliphatic carbocycles. The first-order chi connectivity index (χ1) is 21.0. The Morgan fingerprint density at radius 1 is 1.07 bits per heavy atom. The highest BCUT2D eigenvalue weighted by Crippen LogP contribution is 2.49. The minimum absolute atomic E-state index is 0.0876. The van der Waals surface area contributed by atoms with Gasteiger partial charge in [-0.3, -0.25) is 14.5 Å². The maximum Gasteiger partial charge on any atom is 0.416 e. The Balaban J connectivity index is 1.10. The van der Waals surface area contributed by atoms with Crippen molar-refractivity contribution in [3.63, 3.8) is 0 Å². The normalized spacial score (nSPS) is 26.8. The molecule has 3 fully saturated rings. The summed E-state index contributed by atoms with van der Waals surface area (Å²) in [5.41, 5.74) is 0.579. The van der Waals surface area contributed by atoms with Crippen molar-refractivity contribution >= 4 is 11.9 Å². The Bertz CT molecular complexity index is 1400. The third kappa shape index (κ3) is 6.10. The first kappa shape index (κ1) is 31.0. The van der Waals surface area contributed by atoms with E-state index in [1.807, 2.05) is 0 Å². The van der Waals surface area contributed by atoms with Crippen molar-refractivity contribution in [2.24, 2.45) is 5.92 Å². The quantitative estimate of drug-likeness (QED) is 0.401. The number of rotatable bonds is 7. The number of hydrogen-bond donors (Lipinski definition) is 1. The number of carbonyl (C=O) groups excluding carboxylic acids is 1. The SMILES string of the molecule is COC1CN(C(=O)[C@@]2(C3CC3)CC[C@@H](N3CCC(c4ccc(F)c(CC(=O)O)c4)CC3)CO2)Cc2cc(C(F)(F)F)ccc21. The van der Waals surface area contributed by atoms with Crippen LogP contribution in [-0.4, -0.2) is 71.8 Å². The summed E-state index contributed by atoms with van der Waals surface area (Å²) in [5, 5.41) is 9.10. The number of ether oxygens (including phenoxy) is 2. The van der Waals surface area contributed by atoms with E-state index < -0.39 is 35.2 Å². The number of carbonyl (C=O) groups is 2. The highest BCUT2D eigenvalue weighted by atomic mass is 19.4. The molecule has 1 saturated carbocycles. The van der Waals surface area contributed by atoms with Crippen LogP contribution in [0.25, 0.3) is 0 Å². The van der Waals surface area contributed by atoms with E-state index in [9.17, 15) is 27.2 Å². The van der Waals surface area contributed by atoms with E-state index in [0.717, 1.165) is 62.9 Å². The standard InChI is InChI=1S/C33H38F4N2O5/c1-43-29-18-39(17-23-15-25(33(35,36)37)5-6-27(23)29)31(42)32(24-3-4-24)11-8-26(19-44-32)38-12-9-20(10-13-38)21-2-7-28(34)22(14-21)16-30(40)41/h2,5-7,14-15,20,24,26,29H,3-4,8-13,16-19H2,1H3,(H,40,41)/t26-,29?,32+/m1/s1. The average molecular weight is 619 g/mol. The summed E-state index contributed by atoms with van der Waals surface area (Å²) in [5.74, 6) is -1.41. The van der Waals surface area contributed by atoms with Gasteiger partial charge in [-0.05, 0) is 104 Å². The highest BCUT2D eigenvalue weighted by molar-refractivity contribution is 5.86. The van der Waals surface area contributed by atoms with Crippen LogP contribution in [0.3, 0.4) is 0 Å². The Morgan fingerprint density at radius 2 is 1.82 bits per heavy atom. The summed E-state index contributed by atoms with van der Waals surface area (Å²) < 4.78 is 66.6. The first-order valence-electron chi connectivity index (χ1n) is 15.4.